The van der Waals surface area contributed by atoms with E-state index in [1.807, 2.05) is 6.08 Å². The van der Waals surface area contributed by atoms with Gasteiger partial charge in [0.1, 0.15) is 0 Å². The van der Waals surface area contributed by atoms with Crippen LogP contribution in [0.5, 0.6) is 0 Å². The normalized spacial score (nSPS) is 32.6. The highest BCUT2D eigenvalue weighted by Gasteiger charge is 2.44. The van der Waals surface area contributed by atoms with Gasteiger partial charge in [-0.25, -0.2) is 13.2 Å². The monoisotopic (exact) mass is 496 g/mol. The van der Waals surface area contributed by atoms with Crippen molar-refractivity contribution in [3.05, 3.63) is 60.0 Å². The van der Waals surface area contributed by atoms with E-state index in [1.165, 1.54) is 0 Å². The highest BCUT2D eigenvalue weighted by Crippen LogP contribution is 2.42. The summed E-state index contributed by atoms with van der Waals surface area (Å²) >= 11 is 0. The molecule has 0 aromatic heterocycles. The van der Waals surface area contributed by atoms with Crippen LogP contribution in [0.1, 0.15) is 88.5 Å². The summed E-state index contributed by atoms with van der Waals surface area (Å²) in [6, 6.07) is 2.24. The van der Waals surface area contributed by atoms with Crippen molar-refractivity contribution in [2.75, 3.05) is 0 Å². The van der Waals surface area contributed by atoms with Crippen LogP contribution in [0.4, 0.5) is 22.0 Å². The van der Waals surface area contributed by atoms with Crippen LogP contribution >= 0.6 is 0 Å². The molecule has 0 bridgehead atoms. The van der Waals surface area contributed by atoms with Gasteiger partial charge < -0.3 is 4.74 Å². The van der Waals surface area contributed by atoms with Gasteiger partial charge in [0.05, 0.1) is 12.0 Å². The van der Waals surface area contributed by atoms with Crippen molar-refractivity contribution in [1.29, 1.82) is 0 Å². The Hall–Kier alpha value is -1.69. The zero-order valence-corrected chi connectivity index (χ0v) is 20.3. The topological polar surface area (TPSA) is 9.23 Å². The summed E-state index contributed by atoms with van der Waals surface area (Å²) in [7, 11) is 0. The molecular weight excluding hydrogens is 459 g/mol. The van der Waals surface area contributed by atoms with Crippen LogP contribution in [0.3, 0.4) is 0 Å². The lowest BCUT2D eigenvalue weighted by Crippen LogP contribution is -2.38. The number of hydrogen-bond acceptors (Lipinski definition) is 1. The van der Waals surface area contributed by atoms with E-state index in [-0.39, 0.29) is 12.0 Å². The van der Waals surface area contributed by atoms with Gasteiger partial charge in [0.15, 0.2) is 17.5 Å². The van der Waals surface area contributed by atoms with Crippen molar-refractivity contribution in [1.82, 2.24) is 0 Å². The lowest BCUT2D eigenvalue weighted by Gasteiger charge is -2.36. The van der Waals surface area contributed by atoms with Crippen molar-refractivity contribution in [2.45, 2.75) is 95.2 Å². The number of alkyl halides is 2. The minimum atomic E-state index is -3.05. The molecule has 194 valence electrons. The van der Waals surface area contributed by atoms with Crippen molar-refractivity contribution < 1.29 is 26.7 Å². The predicted octanol–water partition coefficient (Wildman–Crippen LogP) is 9.09. The van der Waals surface area contributed by atoms with Gasteiger partial charge in [-0.2, -0.15) is 8.78 Å². The van der Waals surface area contributed by atoms with E-state index in [1.54, 1.807) is 0 Å². The molecule has 0 amide bonds. The summed E-state index contributed by atoms with van der Waals surface area (Å²) in [6.45, 7) is 3.78. The van der Waals surface area contributed by atoms with Crippen molar-refractivity contribution >= 4 is 0 Å². The second kappa shape index (κ2) is 11.6. The molecule has 3 aliphatic carbocycles. The molecule has 0 heterocycles. The fraction of sp³-hybridized carbons (Fsp3) is 0.655. The average Bonchev–Trinajstić information content (AvgIpc) is 2.86. The first-order valence-electron chi connectivity index (χ1n) is 13.3. The molecule has 35 heavy (non-hydrogen) atoms. The molecule has 6 heteroatoms. The fourth-order valence-corrected chi connectivity index (χ4v) is 6.18. The SMILES string of the molecule is C=CC1CCC(C(F)(F)OC2CCC(/C=C/C3CCC(c4cc(F)c(F)c(F)c4)CC3)CC2)CC1. The molecule has 3 aliphatic rings. The molecule has 4 rings (SSSR count). The minimum absolute atomic E-state index is 0.0466. The quantitative estimate of drug-likeness (QED) is 0.208. The smallest absolute Gasteiger partial charge is 0.317 e. The Balaban J connectivity index is 1.19. The third-order valence-electron chi connectivity index (χ3n) is 8.53. The Labute approximate surface area is 205 Å². The fourth-order valence-electron chi connectivity index (χ4n) is 6.18. The van der Waals surface area contributed by atoms with Crippen molar-refractivity contribution in [3.8, 4) is 0 Å². The highest BCUT2D eigenvalue weighted by molar-refractivity contribution is 5.23. The Morgan fingerprint density at radius 3 is 1.71 bits per heavy atom. The zero-order chi connectivity index (χ0) is 25.0. The summed E-state index contributed by atoms with van der Waals surface area (Å²) in [5.74, 6) is -3.16. The molecule has 0 aliphatic heterocycles. The molecule has 3 saturated carbocycles. The summed E-state index contributed by atoms with van der Waals surface area (Å²) in [5.41, 5.74) is 0.535. The van der Waals surface area contributed by atoms with Gasteiger partial charge in [-0.1, -0.05) is 18.2 Å². The molecule has 1 aromatic carbocycles. The predicted molar refractivity (Wildman–Crippen MR) is 128 cm³/mol. The molecule has 1 nitrogen and oxygen atoms in total. The summed E-state index contributed by atoms with van der Waals surface area (Å²) < 4.78 is 75.1. The number of benzene rings is 1. The summed E-state index contributed by atoms with van der Waals surface area (Å²) in [5, 5.41) is 0. The second-order valence-electron chi connectivity index (χ2n) is 10.9. The van der Waals surface area contributed by atoms with Crippen molar-refractivity contribution in [2.24, 2.45) is 23.7 Å². The van der Waals surface area contributed by atoms with Crippen molar-refractivity contribution in [3.63, 3.8) is 0 Å². The third kappa shape index (κ3) is 6.75. The van der Waals surface area contributed by atoms with Crippen LogP contribution < -0.4 is 0 Å². The molecule has 0 radical (unpaired) electrons. The van der Waals surface area contributed by atoms with Gasteiger partial charge >= 0.3 is 6.11 Å². The molecule has 0 saturated heterocycles. The van der Waals surface area contributed by atoms with Crippen LogP contribution in [0, 0.1) is 41.1 Å². The summed E-state index contributed by atoms with van der Waals surface area (Å²) in [4.78, 5) is 0. The Kier molecular flexibility index (Phi) is 8.72. The van der Waals surface area contributed by atoms with Gasteiger partial charge in [-0.3, -0.25) is 0 Å². The van der Waals surface area contributed by atoms with Gasteiger partial charge in [-0.05, 0) is 118 Å². The van der Waals surface area contributed by atoms with Gasteiger partial charge in [0.2, 0.25) is 0 Å². The van der Waals surface area contributed by atoms with Crippen LogP contribution in [0.2, 0.25) is 0 Å². The molecule has 0 spiro atoms. The van der Waals surface area contributed by atoms with E-state index in [4.69, 9.17) is 4.74 Å². The number of halogens is 5. The maximum Gasteiger partial charge on any atom is 0.358 e. The standard InChI is InChI=1S/C29H37F5O/c1-2-19-7-13-24(14-8-19)29(33,34)35-25-15-9-21(10-16-25)4-3-20-5-11-22(12-6-20)23-17-26(30)28(32)27(31)18-23/h2-4,17-22,24-25H,1,5-16H2/b4-3+. The maximum absolute atomic E-state index is 14.7. The second-order valence-corrected chi connectivity index (χ2v) is 10.9. The van der Waals surface area contributed by atoms with Gasteiger partial charge in [0.25, 0.3) is 0 Å². The van der Waals surface area contributed by atoms with Gasteiger partial charge in [-0.15, -0.1) is 6.58 Å². The highest BCUT2D eigenvalue weighted by atomic mass is 19.3. The van der Waals surface area contributed by atoms with E-state index < -0.39 is 29.5 Å². The van der Waals surface area contributed by atoms with Gasteiger partial charge in [0, 0.05) is 0 Å². The van der Waals surface area contributed by atoms with Crippen LogP contribution in [-0.2, 0) is 4.74 Å². The van der Waals surface area contributed by atoms with E-state index in [9.17, 15) is 22.0 Å². The number of allylic oxidation sites excluding steroid dienone is 3. The van der Waals surface area contributed by atoms with E-state index in [2.05, 4.69) is 18.7 Å². The molecule has 0 atom stereocenters. The van der Waals surface area contributed by atoms with E-state index in [0.717, 1.165) is 63.5 Å². The first-order chi connectivity index (χ1) is 16.7. The Morgan fingerprint density at radius 2 is 1.20 bits per heavy atom. The molecular formula is C29H37F5O. The zero-order valence-electron chi connectivity index (χ0n) is 20.3. The molecule has 0 unspecified atom stereocenters. The largest absolute Gasteiger partial charge is 0.358 e. The lowest BCUT2D eigenvalue weighted by molar-refractivity contribution is -0.301. The van der Waals surface area contributed by atoms with Crippen LogP contribution in [-0.4, -0.2) is 12.2 Å². The lowest BCUT2D eigenvalue weighted by atomic mass is 9.77. The van der Waals surface area contributed by atoms with Crippen LogP contribution in [0.25, 0.3) is 0 Å². The average molecular weight is 497 g/mol. The molecule has 3 fully saturated rings. The number of rotatable bonds is 7. The maximum atomic E-state index is 14.7. The number of hydrogen-bond donors (Lipinski definition) is 0. The van der Waals surface area contributed by atoms with E-state index in [0.29, 0.717) is 49.0 Å². The van der Waals surface area contributed by atoms with E-state index >= 15 is 0 Å². The first kappa shape index (κ1) is 26.4. The van der Waals surface area contributed by atoms with Crippen LogP contribution in [0.15, 0.2) is 36.9 Å². The third-order valence-corrected chi connectivity index (χ3v) is 8.53. The summed E-state index contributed by atoms with van der Waals surface area (Å²) in [6.07, 6.45) is 11.9. The molecule has 1 aromatic rings. The Bertz CT molecular complexity index is 850. The number of ether oxygens (including phenoxy) is 1. The molecule has 0 N–H and O–H groups in total. The minimum Gasteiger partial charge on any atom is -0.317 e. The Morgan fingerprint density at radius 1 is 0.714 bits per heavy atom. The first-order valence-corrected chi connectivity index (χ1v) is 13.3.